The molecule has 0 aliphatic rings. The fraction of sp³-hybridized carbons (Fsp3) is 0.188. The summed E-state index contributed by atoms with van der Waals surface area (Å²) in [5.74, 6) is 1.46. The minimum absolute atomic E-state index is 0.347. The molecule has 20 heavy (non-hydrogen) atoms. The maximum absolute atomic E-state index is 11.0. The number of hydrogen-bond donors (Lipinski definition) is 0. The van der Waals surface area contributed by atoms with Gasteiger partial charge in [0.15, 0.2) is 11.5 Å². The van der Waals surface area contributed by atoms with Crippen LogP contribution in [0.3, 0.4) is 0 Å². The number of ether oxygens (including phenoxy) is 3. The lowest BCUT2D eigenvalue weighted by Crippen LogP contribution is -2.01. The first-order chi connectivity index (χ1) is 9.65. The largest absolute Gasteiger partial charge is 0.493 e. The van der Waals surface area contributed by atoms with Crippen molar-refractivity contribution in [3.63, 3.8) is 0 Å². The highest BCUT2D eigenvalue weighted by Gasteiger charge is 2.12. The van der Waals surface area contributed by atoms with Gasteiger partial charge in [-0.25, -0.2) is 0 Å². The van der Waals surface area contributed by atoms with Crippen LogP contribution < -0.4 is 14.2 Å². The van der Waals surface area contributed by atoms with Crippen LogP contribution >= 0.6 is 0 Å². The lowest BCUT2D eigenvalue weighted by atomic mass is 10.0. The summed E-state index contributed by atoms with van der Waals surface area (Å²) in [7, 11) is 3.19. The molecule has 2 rings (SSSR count). The summed E-state index contributed by atoms with van der Waals surface area (Å²) < 4.78 is 15.8. The summed E-state index contributed by atoms with van der Waals surface area (Å²) in [6, 6.07) is 12.9. The van der Waals surface area contributed by atoms with Gasteiger partial charge in [-0.1, -0.05) is 24.3 Å². The number of para-hydroxylation sites is 1. The van der Waals surface area contributed by atoms with Gasteiger partial charge in [0.1, 0.15) is 5.75 Å². The van der Waals surface area contributed by atoms with Crippen LogP contribution in [0.1, 0.15) is 6.92 Å². The van der Waals surface area contributed by atoms with Gasteiger partial charge < -0.3 is 14.2 Å². The Morgan fingerprint density at radius 1 is 1.00 bits per heavy atom. The molecule has 0 unspecified atom stereocenters. The summed E-state index contributed by atoms with van der Waals surface area (Å²) in [5.41, 5.74) is 1.76. The van der Waals surface area contributed by atoms with Crippen molar-refractivity contribution in [2.24, 2.45) is 0 Å². The number of carbonyl (C=O) groups is 1. The van der Waals surface area contributed by atoms with Crippen molar-refractivity contribution in [3.8, 4) is 28.4 Å². The summed E-state index contributed by atoms with van der Waals surface area (Å²) in [6.07, 6.45) is 0. The van der Waals surface area contributed by atoms with Crippen molar-refractivity contribution in [1.29, 1.82) is 0 Å². The van der Waals surface area contributed by atoms with E-state index in [4.69, 9.17) is 14.2 Å². The minimum atomic E-state index is -0.347. The molecule has 104 valence electrons. The second kappa shape index (κ2) is 6.10. The molecule has 0 spiro atoms. The van der Waals surface area contributed by atoms with E-state index in [0.29, 0.717) is 17.2 Å². The molecule has 0 saturated carbocycles. The molecule has 4 heteroatoms. The van der Waals surface area contributed by atoms with E-state index < -0.39 is 0 Å². The lowest BCUT2D eigenvalue weighted by molar-refractivity contribution is -0.131. The third-order valence-electron chi connectivity index (χ3n) is 2.81. The van der Waals surface area contributed by atoms with E-state index in [2.05, 4.69) is 0 Å². The molecule has 0 radical (unpaired) electrons. The van der Waals surface area contributed by atoms with Crippen LogP contribution in [0.15, 0.2) is 42.5 Å². The highest BCUT2D eigenvalue weighted by Crippen LogP contribution is 2.38. The second-order valence-electron chi connectivity index (χ2n) is 4.16. The van der Waals surface area contributed by atoms with E-state index in [-0.39, 0.29) is 5.97 Å². The van der Waals surface area contributed by atoms with Crippen LogP contribution in [-0.2, 0) is 4.79 Å². The number of carbonyl (C=O) groups excluding carboxylic acids is 1. The molecule has 0 heterocycles. The highest BCUT2D eigenvalue weighted by atomic mass is 16.5. The number of methoxy groups -OCH3 is 2. The van der Waals surface area contributed by atoms with Gasteiger partial charge in [0.25, 0.3) is 0 Å². The molecule has 4 nitrogen and oxygen atoms in total. The predicted molar refractivity (Wildman–Crippen MR) is 76.3 cm³/mol. The molecular weight excluding hydrogens is 256 g/mol. The summed E-state index contributed by atoms with van der Waals surface area (Å²) in [4.78, 5) is 11.0. The number of rotatable bonds is 4. The zero-order chi connectivity index (χ0) is 14.5. The summed E-state index contributed by atoms with van der Waals surface area (Å²) >= 11 is 0. The van der Waals surface area contributed by atoms with E-state index in [0.717, 1.165) is 11.1 Å². The Balaban J connectivity index is 2.48. The Kier molecular flexibility index (Phi) is 4.25. The van der Waals surface area contributed by atoms with Gasteiger partial charge in [0.05, 0.1) is 14.2 Å². The molecule has 2 aromatic carbocycles. The van der Waals surface area contributed by atoms with Gasteiger partial charge in [-0.3, -0.25) is 4.79 Å². The standard InChI is InChI=1S/C16H16O4/c1-11(17)20-13-7-4-6-12(10-13)14-8-5-9-15(18-2)16(14)19-3/h4-10H,1-3H3. The first kappa shape index (κ1) is 13.9. The zero-order valence-electron chi connectivity index (χ0n) is 11.7. The van der Waals surface area contributed by atoms with Crippen LogP contribution in [0.25, 0.3) is 11.1 Å². The molecule has 0 N–H and O–H groups in total. The fourth-order valence-electron chi connectivity index (χ4n) is 2.01. The molecule has 0 aliphatic carbocycles. The quantitative estimate of drug-likeness (QED) is 0.633. The molecule has 0 aromatic heterocycles. The molecule has 0 atom stereocenters. The van der Waals surface area contributed by atoms with Gasteiger partial charge in [0.2, 0.25) is 0 Å². The Hall–Kier alpha value is -2.49. The van der Waals surface area contributed by atoms with Gasteiger partial charge in [-0.2, -0.15) is 0 Å². The lowest BCUT2D eigenvalue weighted by Gasteiger charge is -2.13. The average molecular weight is 272 g/mol. The van der Waals surface area contributed by atoms with E-state index in [1.54, 1.807) is 26.4 Å². The zero-order valence-corrected chi connectivity index (χ0v) is 11.7. The average Bonchev–Trinajstić information content (AvgIpc) is 2.45. The van der Waals surface area contributed by atoms with Gasteiger partial charge >= 0.3 is 5.97 Å². The van der Waals surface area contributed by atoms with Crippen molar-refractivity contribution < 1.29 is 19.0 Å². The predicted octanol–water partition coefficient (Wildman–Crippen LogP) is 3.30. The highest BCUT2D eigenvalue weighted by molar-refractivity contribution is 5.76. The Bertz CT molecular complexity index is 620. The van der Waals surface area contributed by atoms with Crippen LogP contribution in [-0.4, -0.2) is 20.2 Å². The summed E-state index contributed by atoms with van der Waals surface area (Å²) in [6.45, 7) is 1.37. The Morgan fingerprint density at radius 2 is 1.75 bits per heavy atom. The maximum atomic E-state index is 11.0. The summed E-state index contributed by atoms with van der Waals surface area (Å²) in [5, 5.41) is 0. The van der Waals surface area contributed by atoms with Crippen molar-refractivity contribution in [3.05, 3.63) is 42.5 Å². The first-order valence-corrected chi connectivity index (χ1v) is 6.15. The van der Waals surface area contributed by atoms with Crippen molar-refractivity contribution in [2.75, 3.05) is 14.2 Å². The van der Waals surface area contributed by atoms with Crippen molar-refractivity contribution in [2.45, 2.75) is 6.92 Å². The van der Waals surface area contributed by atoms with Crippen molar-refractivity contribution in [1.82, 2.24) is 0 Å². The van der Waals surface area contributed by atoms with E-state index in [1.165, 1.54) is 6.92 Å². The topological polar surface area (TPSA) is 44.8 Å². The van der Waals surface area contributed by atoms with Gasteiger partial charge in [-0.15, -0.1) is 0 Å². The van der Waals surface area contributed by atoms with Gasteiger partial charge in [-0.05, 0) is 23.8 Å². The number of benzene rings is 2. The van der Waals surface area contributed by atoms with Crippen LogP contribution in [0, 0.1) is 0 Å². The fourth-order valence-corrected chi connectivity index (χ4v) is 2.01. The normalized spacial score (nSPS) is 9.95. The third kappa shape index (κ3) is 2.91. The molecule has 0 aliphatic heterocycles. The molecular formula is C16H16O4. The molecule has 0 amide bonds. The molecule has 0 saturated heterocycles. The number of hydrogen-bond acceptors (Lipinski definition) is 4. The molecule has 0 fully saturated rings. The monoisotopic (exact) mass is 272 g/mol. The van der Waals surface area contributed by atoms with Crippen LogP contribution in [0.4, 0.5) is 0 Å². The first-order valence-electron chi connectivity index (χ1n) is 6.15. The van der Waals surface area contributed by atoms with E-state index in [9.17, 15) is 4.79 Å². The Morgan fingerprint density at radius 3 is 2.40 bits per heavy atom. The van der Waals surface area contributed by atoms with Crippen molar-refractivity contribution >= 4 is 5.97 Å². The van der Waals surface area contributed by atoms with Crippen LogP contribution in [0.2, 0.25) is 0 Å². The molecule has 2 aromatic rings. The van der Waals surface area contributed by atoms with E-state index >= 15 is 0 Å². The Labute approximate surface area is 117 Å². The third-order valence-corrected chi connectivity index (χ3v) is 2.81. The van der Waals surface area contributed by atoms with Gasteiger partial charge in [0, 0.05) is 12.5 Å². The SMILES string of the molecule is COc1cccc(-c2cccc(OC(C)=O)c2)c1OC. The van der Waals surface area contributed by atoms with E-state index in [1.807, 2.05) is 30.3 Å². The second-order valence-corrected chi connectivity index (χ2v) is 4.16. The number of esters is 1. The molecule has 0 bridgehead atoms. The minimum Gasteiger partial charge on any atom is -0.493 e. The van der Waals surface area contributed by atoms with Crippen LogP contribution in [0.5, 0.6) is 17.2 Å². The maximum Gasteiger partial charge on any atom is 0.308 e. The smallest absolute Gasteiger partial charge is 0.308 e.